The molecule has 1 aromatic rings. The number of hydrogen-bond acceptors (Lipinski definition) is 3. The summed E-state index contributed by atoms with van der Waals surface area (Å²) in [6.45, 7) is 5.29. The molecule has 6 heteroatoms. The zero-order valence-electron chi connectivity index (χ0n) is 15.1. The maximum atomic E-state index is 5.85. The minimum atomic E-state index is 0. The Morgan fingerprint density at radius 1 is 1.36 bits per heavy atom. The highest BCUT2D eigenvalue weighted by atomic mass is 127. The maximum absolute atomic E-state index is 5.85. The summed E-state index contributed by atoms with van der Waals surface area (Å²) in [5.74, 6) is 2.25. The second-order valence-corrected chi connectivity index (χ2v) is 6.83. The van der Waals surface area contributed by atoms with Crippen molar-refractivity contribution in [2.45, 2.75) is 37.8 Å². The van der Waals surface area contributed by atoms with Crippen LogP contribution >= 0.6 is 24.0 Å². The Labute approximate surface area is 168 Å². The van der Waals surface area contributed by atoms with Crippen molar-refractivity contribution in [2.24, 2.45) is 10.9 Å². The topological polar surface area (TPSA) is 54.9 Å². The van der Waals surface area contributed by atoms with Gasteiger partial charge in [0.25, 0.3) is 0 Å². The lowest BCUT2D eigenvalue weighted by Gasteiger charge is -2.19. The summed E-state index contributed by atoms with van der Waals surface area (Å²) in [6, 6.07) is 11.0. The maximum Gasteiger partial charge on any atom is 0.191 e. The van der Waals surface area contributed by atoms with E-state index in [2.05, 4.69) is 52.9 Å². The molecule has 4 unspecified atom stereocenters. The number of guanidine groups is 1. The van der Waals surface area contributed by atoms with Gasteiger partial charge in [-0.1, -0.05) is 30.3 Å². The van der Waals surface area contributed by atoms with E-state index in [0.717, 1.165) is 32.1 Å². The second kappa shape index (κ2) is 10.3. The first kappa shape index (κ1) is 20.5. The fourth-order valence-electron chi connectivity index (χ4n) is 3.20. The number of benzene rings is 1. The quantitative estimate of drug-likeness (QED) is 0.374. The molecule has 1 aromatic carbocycles. The average molecular weight is 459 g/mol. The number of aliphatic imine (C=N–C) groups is 1. The van der Waals surface area contributed by atoms with Gasteiger partial charge in [-0.05, 0) is 37.2 Å². The smallest absolute Gasteiger partial charge is 0.191 e. The van der Waals surface area contributed by atoms with Gasteiger partial charge in [0.1, 0.15) is 0 Å². The molecule has 0 radical (unpaired) electrons. The molecule has 25 heavy (non-hydrogen) atoms. The van der Waals surface area contributed by atoms with E-state index in [1.54, 1.807) is 0 Å². The van der Waals surface area contributed by atoms with Gasteiger partial charge in [0, 0.05) is 26.2 Å². The number of rotatable bonds is 7. The lowest BCUT2D eigenvalue weighted by Crippen LogP contribution is -2.45. The van der Waals surface area contributed by atoms with Crippen LogP contribution in [0.1, 0.15) is 31.2 Å². The van der Waals surface area contributed by atoms with Crippen LogP contribution in [0, 0.1) is 5.92 Å². The van der Waals surface area contributed by atoms with Crippen molar-refractivity contribution in [3.8, 4) is 0 Å². The zero-order chi connectivity index (χ0) is 16.8. The van der Waals surface area contributed by atoms with Crippen molar-refractivity contribution < 1.29 is 9.47 Å². The summed E-state index contributed by atoms with van der Waals surface area (Å²) in [4.78, 5) is 4.32. The molecule has 0 bridgehead atoms. The van der Waals surface area contributed by atoms with Gasteiger partial charge in [-0.25, -0.2) is 0 Å². The van der Waals surface area contributed by atoms with Gasteiger partial charge >= 0.3 is 0 Å². The van der Waals surface area contributed by atoms with Crippen LogP contribution in [0.2, 0.25) is 0 Å². The SMILES string of the molecule is CN=C(NCC1CC1c1ccccc1)NC(C)COC1CCOC1.I. The molecule has 0 amide bonds. The van der Waals surface area contributed by atoms with Crippen LogP contribution in [0.15, 0.2) is 35.3 Å². The first-order valence-corrected chi connectivity index (χ1v) is 8.97. The van der Waals surface area contributed by atoms with E-state index >= 15 is 0 Å². The van der Waals surface area contributed by atoms with Crippen molar-refractivity contribution in [2.75, 3.05) is 33.4 Å². The van der Waals surface area contributed by atoms with Gasteiger partial charge < -0.3 is 20.1 Å². The molecule has 2 N–H and O–H groups in total. The Balaban J connectivity index is 0.00000225. The summed E-state index contributed by atoms with van der Waals surface area (Å²) in [5.41, 5.74) is 1.45. The summed E-state index contributed by atoms with van der Waals surface area (Å²) >= 11 is 0. The molecule has 2 aliphatic rings. The lowest BCUT2D eigenvalue weighted by atomic mass is 10.1. The van der Waals surface area contributed by atoms with Crippen LogP contribution in [0.3, 0.4) is 0 Å². The molecule has 140 valence electrons. The van der Waals surface area contributed by atoms with Gasteiger partial charge in [0.2, 0.25) is 0 Å². The Kier molecular flexibility index (Phi) is 8.45. The van der Waals surface area contributed by atoms with Gasteiger partial charge in [-0.2, -0.15) is 0 Å². The lowest BCUT2D eigenvalue weighted by molar-refractivity contribution is 0.0347. The summed E-state index contributed by atoms with van der Waals surface area (Å²) in [7, 11) is 1.81. The Bertz CT molecular complexity index is 535. The number of ether oxygens (including phenoxy) is 2. The molecular weight excluding hydrogens is 429 g/mol. The molecule has 1 saturated heterocycles. The number of nitrogens with zero attached hydrogens (tertiary/aromatic N) is 1. The molecule has 0 aromatic heterocycles. The summed E-state index contributed by atoms with van der Waals surface area (Å²) < 4.78 is 11.2. The molecule has 1 saturated carbocycles. The monoisotopic (exact) mass is 459 g/mol. The number of halogens is 1. The van der Waals surface area contributed by atoms with Crippen LogP contribution in [0.4, 0.5) is 0 Å². The molecule has 5 nitrogen and oxygen atoms in total. The largest absolute Gasteiger partial charge is 0.379 e. The van der Waals surface area contributed by atoms with Crippen molar-refractivity contribution in [1.82, 2.24) is 10.6 Å². The molecule has 2 fully saturated rings. The van der Waals surface area contributed by atoms with Crippen LogP contribution < -0.4 is 10.6 Å². The van der Waals surface area contributed by atoms with E-state index in [9.17, 15) is 0 Å². The first-order valence-electron chi connectivity index (χ1n) is 8.97. The van der Waals surface area contributed by atoms with E-state index in [-0.39, 0.29) is 36.1 Å². The zero-order valence-corrected chi connectivity index (χ0v) is 17.4. The second-order valence-electron chi connectivity index (χ2n) is 6.83. The standard InChI is InChI=1S/C19H29N3O2.HI/c1-14(12-24-17-8-9-23-13-17)22-19(20-2)21-11-16-10-18(16)15-6-4-3-5-7-15;/h3-7,14,16-18H,8-13H2,1-2H3,(H2,20,21,22);1H. The normalized spacial score (nSPS) is 26.6. The molecule has 1 heterocycles. The Morgan fingerprint density at radius 3 is 2.84 bits per heavy atom. The van der Waals surface area contributed by atoms with Gasteiger partial charge in [0.05, 0.1) is 19.3 Å². The average Bonchev–Trinajstić information content (AvgIpc) is 3.20. The van der Waals surface area contributed by atoms with E-state index in [0.29, 0.717) is 18.4 Å². The van der Waals surface area contributed by atoms with Crippen LogP contribution in [-0.4, -0.2) is 51.5 Å². The van der Waals surface area contributed by atoms with Crippen molar-refractivity contribution in [1.29, 1.82) is 0 Å². The highest BCUT2D eigenvalue weighted by Gasteiger charge is 2.37. The van der Waals surface area contributed by atoms with E-state index in [4.69, 9.17) is 9.47 Å². The first-order chi connectivity index (χ1) is 11.8. The molecule has 0 spiro atoms. The third-order valence-corrected chi connectivity index (χ3v) is 4.76. The minimum Gasteiger partial charge on any atom is -0.379 e. The summed E-state index contributed by atoms with van der Waals surface area (Å²) in [6.07, 6.45) is 2.51. The molecule has 3 rings (SSSR count). The number of hydrogen-bond donors (Lipinski definition) is 2. The minimum absolute atomic E-state index is 0. The van der Waals surface area contributed by atoms with Crippen LogP contribution in [-0.2, 0) is 9.47 Å². The number of nitrogens with one attached hydrogen (secondary N) is 2. The van der Waals surface area contributed by atoms with Crippen molar-refractivity contribution in [3.63, 3.8) is 0 Å². The molecule has 1 aliphatic heterocycles. The fraction of sp³-hybridized carbons (Fsp3) is 0.632. The third kappa shape index (κ3) is 6.42. The molecule has 1 aliphatic carbocycles. The van der Waals surface area contributed by atoms with Crippen LogP contribution in [0.25, 0.3) is 0 Å². The van der Waals surface area contributed by atoms with Gasteiger partial charge in [-0.3, -0.25) is 4.99 Å². The molecule has 4 atom stereocenters. The predicted molar refractivity (Wildman–Crippen MR) is 112 cm³/mol. The van der Waals surface area contributed by atoms with Gasteiger partial charge in [0.15, 0.2) is 5.96 Å². The van der Waals surface area contributed by atoms with Crippen molar-refractivity contribution in [3.05, 3.63) is 35.9 Å². The van der Waals surface area contributed by atoms with Gasteiger partial charge in [-0.15, -0.1) is 24.0 Å². The van der Waals surface area contributed by atoms with E-state index in [1.807, 2.05) is 7.05 Å². The molecular formula is C19H30IN3O2. The third-order valence-electron chi connectivity index (χ3n) is 4.76. The van der Waals surface area contributed by atoms with Crippen molar-refractivity contribution >= 4 is 29.9 Å². The predicted octanol–water partition coefficient (Wildman–Crippen LogP) is 2.77. The van der Waals surface area contributed by atoms with E-state index in [1.165, 1.54) is 12.0 Å². The fourth-order valence-corrected chi connectivity index (χ4v) is 3.20. The Hall–Kier alpha value is -0.860. The highest BCUT2D eigenvalue weighted by Crippen LogP contribution is 2.46. The van der Waals surface area contributed by atoms with Crippen LogP contribution in [0.5, 0.6) is 0 Å². The summed E-state index contributed by atoms with van der Waals surface area (Å²) in [5, 5.41) is 6.85. The Morgan fingerprint density at radius 2 is 2.16 bits per heavy atom. The van der Waals surface area contributed by atoms with E-state index < -0.39 is 0 Å². The highest BCUT2D eigenvalue weighted by molar-refractivity contribution is 14.0.